The highest BCUT2D eigenvalue weighted by atomic mass is 15.2. The molecule has 1 N–H and O–H groups in total. The maximum absolute atomic E-state index is 4.47. The van der Waals surface area contributed by atoms with Crippen molar-refractivity contribution in [2.75, 3.05) is 13.1 Å². The lowest BCUT2D eigenvalue weighted by Crippen LogP contribution is -2.28. The molecule has 1 aromatic carbocycles. The Labute approximate surface area is 101 Å². The van der Waals surface area contributed by atoms with E-state index in [1.165, 1.54) is 0 Å². The van der Waals surface area contributed by atoms with Crippen LogP contribution in [0.5, 0.6) is 0 Å². The molecule has 0 atom stereocenters. The molecular formula is C13H16N4. The summed E-state index contributed by atoms with van der Waals surface area (Å²) in [5, 5.41) is 3.21. The third kappa shape index (κ3) is 2.58. The quantitative estimate of drug-likeness (QED) is 0.843. The van der Waals surface area contributed by atoms with Gasteiger partial charge in [0.05, 0.1) is 0 Å². The molecular weight excluding hydrogens is 212 g/mol. The van der Waals surface area contributed by atoms with Crippen molar-refractivity contribution in [2.45, 2.75) is 13.8 Å². The van der Waals surface area contributed by atoms with Crippen LogP contribution in [-0.2, 0) is 0 Å². The Kier molecular flexibility index (Phi) is 3.65. The van der Waals surface area contributed by atoms with Crippen molar-refractivity contribution in [1.82, 2.24) is 5.32 Å². The van der Waals surface area contributed by atoms with Crippen molar-refractivity contribution in [3.05, 3.63) is 35.9 Å². The average molecular weight is 228 g/mol. The summed E-state index contributed by atoms with van der Waals surface area (Å²) in [6.45, 7) is 5.43. The van der Waals surface area contributed by atoms with Gasteiger partial charge in [0.1, 0.15) is 5.84 Å². The zero-order valence-corrected chi connectivity index (χ0v) is 10.1. The fraction of sp³-hybridized carbons (Fsp3) is 0.308. The Morgan fingerprint density at radius 1 is 1.06 bits per heavy atom. The molecule has 1 aromatic rings. The summed E-state index contributed by atoms with van der Waals surface area (Å²) in [6.07, 6.45) is 0. The van der Waals surface area contributed by atoms with Crippen LogP contribution in [0.15, 0.2) is 45.3 Å². The van der Waals surface area contributed by atoms with Crippen LogP contribution in [0, 0.1) is 0 Å². The molecule has 0 unspecified atom stereocenters. The molecule has 0 spiro atoms. The third-order valence-corrected chi connectivity index (χ3v) is 2.34. The van der Waals surface area contributed by atoms with E-state index in [0.29, 0.717) is 12.4 Å². The van der Waals surface area contributed by atoms with Gasteiger partial charge in [-0.3, -0.25) is 9.98 Å². The van der Waals surface area contributed by atoms with Crippen molar-refractivity contribution in [1.29, 1.82) is 0 Å². The molecule has 4 heteroatoms. The van der Waals surface area contributed by atoms with Gasteiger partial charge in [0.15, 0.2) is 11.7 Å². The highest BCUT2D eigenvalue weighted by Gasteiger charge is 2.19. The van der Waals surface area contributed by atoms with Crippen LogP contribution in [0.2, 0.25) is 0 Å². The second-order valence-electron chi connectivity index (χ2n) is 3.57. The van der Waals surface area contributed by atoms with Gasteiger partial charge in [-0.25, -0.2) is 4.99 Å². The van der Waals surface area contributed by atoms with Gasteiger partial charge in [0, 0.05) is 18.7 Å². The van der Waals surface area contributed by atoms with Gasteiger partial charge in [0.25, 0.3) is 0 Å². The van der Waals surface area contributed by atoms with Crippen molar-refractivity contribution >= 4 is 17.5 Å². The molecule has 0 amide bonds. The summed E-state index contributed by atoms with van der Waals surface area (Å²) >= 11 is 0. The van der Waals surface area contributed by atoms with E-state index in [4.69, 9.17) is 0 Å². The summed E-state index contributed by atoms with van der Waals surface area (Å²) in [5.74, 6) is 2.30. The predicted octanol–water partition coefficient (Wildman–Crippen LogP) is 1.87. The van der Waals surface area contributed by atoms with E-state index in [1.807, 2.05) is 44.2 Å². The van der Waals surface area contributed by atoms with Gasteiger partial charge in [0.2, 0.25) is 0 Å². The Hall–Kier alpha value is -1.97. The first-order chi connectivity index (χ1) is 8.35. The monoisotopic (exact) mass is 228 g/mol. The normalized spacial score (nSPS) is 19.5. The molecule has 88 valence electrons. The number of hydrogen-bond acceptors (Lipinski definition) is 2. The lowest BCUT2D eigenvalue weighted by atomic mass is 10.2. The average Bonchev–Trinajstić information content (AvgIpc) is 2.75. The molecule has 0 aromatic heterocycles. The van der Waals surface area contributed by atoms with Crippen LogP contribution >= 0.6 is 0 Å². The number of nitrogens with zero attached hydrogens (tertiary/aromatic N) is 3. The number of rotatable bonds is 3. The summed E-state index contributed by atoms with van der Waals surface area (Å²) in [6, 6.07) is 10.0. The van der Waals surface area contributed by atoms with Gasteiger partial charge in [-0.15, -0.1) is 0 Å². The molecule has 0 fully saturated rings. The highest BCUT2D eigenvalue weighted by molar-refractivity contribution is 6.49. The molecule has 17 heavy (non-hydrogen) atoms. The van der Waals surface area contributed by atoms with Crippen LogP contribution in [-0.4, -0.2) is 30.6 Å². The van der Waals surface area contributed by atoms with Gasteiger partial charge < -0.3 is 5.32 Å². The molecule has 0 radical (unpaired) electrons. The fourth-order valence-electron chi connectivity index (χ4n) is 1.62. The number of aliphatic imine (C=N–C) groups is 3. The molecule has 0 aliphatic carbocycles. The van der Waals surface area contributed by atoms with E-state index < -0.39 is 0 Å². The van der Waals surface area contributed by atoms with Gasteiger partial charge in [-0.05, 0) is 13.8 Å². The topological polar surface area (TPSA) is 49.1 Å². The molecule has 0 saturated heterocycles. The zero-order chi connectivity index (χ0) is 12.1. The smallest absolute Gasteiger partial charge is 0.192 e. The predicted molar refractivity (Wildman–Crippen MR) is 72.1 cm³/mol. The summed E-state index contributed by atoms with van der Waals surface area (Å²) in [5.41, 5.74) is 1.05. The lowest BCUT2D eigenvalue weighted by molar-refractivity contribution is 1.11. The molecule has 1 aliphatic rings. The van der Waals surface area contributed by atoms with Crippen molar-refractivity contribution < 1.29 is 0 Å². The summed E-state index contributed by atoms with van der Waals surface area (Å²) in [4.78, 5) is 13.2. The Morgan fingerprint density at radius 3 is 2.41 bits per heavy atom. The largest absolute Gasteiger partial charge is 0.322 e. The van der Waals surface area contributed by atoms with E-state index in [9.17, 15) is 0 Å². The number of hydrogen-bond donors (Lipinski definition) is 1. The first kappa shape index (κ1) is 11.5. The van der Waals surface area contributed by atoms with Gasteiger partial charge in [-0.2, -0.15) is 0 Å². The minimum Gasteiger partial charge on any atom is -0.322 e. The van der Waals surface area contributed by atoms with E-state index >= 15 is 0 Å². The number of nitrogens with one attached hydrogen (secondary N) is 1. The fourth-order valence-corrected chi connectivity index (χ4v) is 1.62. The van der Waals surface area contributed by atoms with E-state index in [1.54, 1.807) is 0 Å². The number of amidine groups is 3. The zero-order valence-electron chi connectivity index (χ0n) is 10.1. The second kappa shape index (κ2) is 5.39. The minimum atomic E-state index is 0.702. The maximum atomic E-state index is 4.47. The van der Waals surface area contributed by atoms with Gasteiger partial charge >= 0.3 is 0 Å². The maximum Gasteiger partial charge on any atom is 0.192 e. The third-order valence-electron chi connectivity index (χ3n) is 2.34. The standard InChI is InChI=1S/C13H16N4/c1-3-14-12-13(15-4-2)17-11(16-12)10-8-6-5-7-9-10/h5-9H,3-4H2,1-2H3,(H,14,15,16,17). The molecule has 1 heterocycles. The van der Waals surface area contributed by atoms with Crippen LogP contribution in [0.3, 0.4) is 0 Å². The molecule has 4 nitrogen and oxygen atoms in total. The molecule has 2 rings (SSSR count). The lowest BCUT2D eigenvalue weighted by Gasteiger charge is -2.01. The van der Waals surface area contributed by atoms with Gasteiger partial charge in [-0.1, -0.05) is 30.3 Å². The SMILES string of the molecule is CCN=C1N=C(c2ccccc2)NC1=NCC. The van der Waals surface area contributed by atoms with Crippen molar-refractivity contribution in [2.24, 2.45) is 15.0 Å². The van der Waals surface area contributed by atoms with E-state index in [0.717, 1.165) is 23.8 Å². The van der Waals surface area contributed by atoms with Crippen LogP contribution < -0.4 is 5.32 Å². The Bertz CT molecular complexity index is 471. The summed E-state index contributed by atoms with van der Waals surface area (Å²) < 4.78 is 0. The molecule has 1 aliphatic heterocycles. The first-order valence-corrected chi connectivity index (χ1v) is 5.85. The van der Waals surface area contributed by atoms with E-state index in [2.05, 4.69) is 20.3 Å². The summed E-state index contributed by atoms with van der Waals surface area (Å²) in [7, 11) is 0. The van der Waals surface area contributed by atoms with Crippen molar-refractivity contribution in [3.63, 3.8) is 0 Å². The Balaban J connectivity index is 2.31. The molecule has 0 bridgehead atoms. The van der Waals surface area contributed by atoms with Crippen LogP contribution in [0.1, 0.15) is 19.4 Å². The number of benzene rings is 1. The van der Waals surface area contributed by atoms with Crippen LogP contribution in [0.4, 0.5) is 0 Å². The van der Waals surface area contributed by atoms with E-state index in [-0.39, 0.29) is 0 Å². The first-order valence-electron chi connectivity index (χ1n) is 5.85. The minimum absolute atomic E-state index is 0.702. The Morgan fingerprint density at radius 2 is 1.76 bits per heavy atom. The van der Waals surface area contributed by atoms with Crippen LogP contribution in [0.25, 0.3) is 0 Å². The second-order valence-corrected chi connectivity index (χ2v) is 3.57. The highest BCUT2D eigenvalue weighted by Crippen LogP contribution is 2.05. The molecule has 0 saturated carbocycles. The van der Waals surface area contributed by atoms with Crippen molar-refractivity contribution in [3.8, 4) is 0 Å².